The Bertz CT molecular complexity index is 908. The van der Waals surface area contributed by atoms with Crippen LogP contribution in [0, 0.1) is 6.92 Å². The number of benzene rings is 1. The van der Waals surface area contributed by atoms with Gasteiger partial charge in [-0.15, -0.1) is 11.3 Å². The predicted octanol–water partition coefficient (Wildman–Crippen LogP) is 5.38. The van der Waals surface area contributed by atoms with Crippen LogP contribution in [-0.2, 0) is 0 Å². The van der Waals surface area contributed by atoms with Crippen molar-refractivity contribution in [1.29, 1.82) is 0 Å². The average Bonchev–Trinajstić information content (AvgIpc) is 2.97. The summed E-state index contributed by atoms with van der Waals surface area (Å²) in [5.41, 5.74) is 3.28. The number of hydrogen-bond donors (Lipinski definition) is 1. The summed E-state index contributed by atoms with van der Waals surface area (Å²) in [4.78, 5) is 18.3. The number of amides is 1. The zero-order valence-corrected chi connectivity index (χ0v) is 17.1. The Hall–Kier alpha value is -2.18. The van der Waals surface area contributed by atoms with Crippen molar-refractivity contribution >= 4 is 33.2 Å². The molecule has 1 unspecified atom stereocenters. The van der Waals surface area contributed by atoms with Crippen LogP contribution in [-0.4, -0.2) is 18.0 Å². The van der Waals surface area contributed by atoms with Gasteiger partial charge in [-0.3, -0.25) is 9.78 Å². The fourth-order valence-corrected chi connectivity index (χ4v) is 4.34. The first-order valence-electron chi connectivity index (χ1n) is 8.15. The third-order valence-electron chi connectivity index (χ3n) is 4.15. The van der Waals surface area contributed by atoms with Gasteiger partial charge in [-0.25, -0.2) is 0 Å². The number of rotatable bonds is 5. The number of carbonyl (C=O) groups is 1. The second kappa shape index (κ2) is 8.01. The molecule has 1 atom stereocenters. The number of aromatic nitrogens is 1. The van der Waals surface area contributed by atoms with Crippen molar-refractivity contribution in [3.63, 3.8) is 0 Å². The van der Waals surface area contributed by atoms with Crippen LogP contribution in [0.2, 0.25) is 0 Å². The first kappa shape index (κ1) is 18.6. The molecule has 0 aliphatic carbocycles. The van der Waals surface area contributed by atoms with E-state index in [1.54, 1.807) is 19.5 Å². The van der Waals surface area contributed by atoms with E-state index in [0.29, 0.717) is 10.6 Å². The molecule has 0 radical (unpaired) electrons. The molecule has 3 aromatic rings. The number of aryl methyl sites for hydroxylation is 1. The van der Waals surface area contributed by atoms with Crippen molar-refractivity contribution in [1.82, 2.24) is 10.3 Å². The van der Waals surface area contributed by atoms with Crippen LogP contribution in [0.25, 0.3) is 11.1 Å². The highest BCUT2D eigenvalue weighted by Gasteiger charge is 2.22. The van der Waals surface area contributed by atoms with Crippen LogP contribution in [0.4, 0.5) is 0 Å². The summed E-state index contributed by atoms with van der Waals surface area (Å²) in [7, 11) is 1.57. The number of nitrogens with one attached hydrogen (secondary N) is 1. The van der Waals surface area contributed by atoms with Gasteiger partial charge in [0.2, 0.25) is 0 Å². The third-order valence-corrected chi connectivity index (χ3v) is 6.45. The zero-order valence-electron chi connectivity index (χ0n) is 14.7. The third kappa shape index (κ3) is 3.81. The number of carbonyl (C=O) groups excluding carboxylic acids is 1. The van der Waals surface area contributed by atoms with E-state index in [-0.39, 0.29) is 11.9 Å². The van der Waals surface area contributed by atoms with Crippen molar-refractivity contribution in [2.24, 2.45) is 0 Å². The lowest BCUT2D eigenvalue weighted by Crippen LogP contribution is -2.26. The van der Waals surface area contributed by atoms with Crippen LogP contribution in [0.1, 0.15) is 33.1 Å². The smallest absolute Gasteiger partial charge is 0.265 e. The van der Waals surface area contributed by atoms with E-state index in [1.165, 1.54) is 11.3 Å². The Morgan fingerprint density at radius 1 is 1.15 bits per heavy atom. The van der Waals surface area contributed by atoms with Crippen molar-refractivity contribution in [3.8, 4) is 16.9 Å². The Balaban J connectivity index is 1.75. The fourth-order valence-electron chi connectivity index (χ4n) is 2.69. The molecule has 0 saturated heterocycles. The van der Waals surface area contributed by atoms with Crippen LogP contribution in [0.3, 0.4) is 0 Å². The van der Waals surface area contributed by atoms with Crippen LogP contribution < -0.4 is 10.1 Å². The summed E-state index contributed by atoms with van der Waals surface area (Å²) in [5, 5.41) is 3.05. The summed E-state index contributed by atoms with van der Waals surface area (Å²) < 4.78 is 6.21. The van der Waals surface area contributed by atoms with Gasteiger partial charge in [0.1, 0.15) is 4.88 Å². The molecule has 4 nitrogen and oxygen atoms in total. The maximum Gasteiger partial charge on any atom is 0.265 e. The lowest BCUT2D eigenvalue weighted by atomic mass is 10.0. The van der Waals surface area contributed by atoms with Crippen molar-refractivity contribution in [2.45, 2.75) is 19.9 Å². The number of halogens is 1. The molecular formula is C20H19BrN2O2S. The van der Waals surface area contributed by atoms with Crippen LogP contribution in [0.15, 0.2) is 53.3 Å². The molecule has 0 aliphatic heterocycles. The normalized spacial score (nSPS) is 11.8. The van der Waals surface area contributed by atoms with E-state index < -0.39 is 0 Å². The van der Waals surface area contributed by atoms with Gasteiger partial charge in [-0.1, -0.05) is 24.3 Å². The molecule has 0 saturated carbocycles. The minimum atomic E-state index is -0.133. The maximum atomic E-state index is 12.7. The standard InChI is InChI=1S/C20H19BrN2O2S/c1-12(23-20(24)19-18(25-3)17(21)13(2)26-19)14-4-6-15(7-5-14)16-8-10-22-11-9-16/h4-12H,1-3H3,(H,23,24). The minimum absolute atomic E-state index is 0.111. The first-order valence-corrected chi connectivity index (χ1v) is 9.76. The highest BCUT2D eigenvalue weighted by molar-refractivity contribution is 9.10. The molecule has 26 heavy (non-hydrogen) atoms. The summed E-state index contributed by atoms with van der Waals surface area (Å²) in [6.45, 7) is 3.93. The number of pyridine rings is 1. The Morgan fingerprint density at radius 2 is 1.77 bits per heavy atom. The Morgan fingerprint density at radius 3 is 2.38 bits per heavy atom. The number of methoxy groups -OCH3 is 1. The SMILES string of the molecule is COc1c(C(=O)NC(C)c2ccc(-c3ccncc3)cc2)sc(C)c1Br. The second-order valence-corrected chi connectivity index (χ2v) is 7.91. The molecule has 0 aliphatic rings. The van der Waals surface area contributed by atoms with E-state index in [9.17, 15) is 4.79 Å². The molecule has 3 rings (SSSR count). The molecular weight excluding hydrogens is 412 g/mol. The van der Waals surface area contributed by atoms with Gasteiger partial charge in [0.25, 0.3) is 5.91 Å². The lowest BCUT2D eigenvalue weighted by Gasteiger charge is -2.15. The zero-order chi connectivity index (χ0) is 18.7. The molecule has 0 fully saturated rings. The minimum Gasteiger partial charge on any atom is -0.494 e. The van der Waals surface area contributed by atoms with E-state index in [1.807, 2.05) is 38.1 Å². The highest BCUT2D eigenvalue weighted by Crippen LogP contribution is 2.39. The van der Waals surface area contributed by atoms with Gasteiger partial charge in [0, 0.05) is 17.3 Å². The predicted molar refractivity (Wildman–Crippen MR) is 109 cm³/mol. The number of hydrogen-bond acceptors (Lipinski definition) is 4. The quantitative estimate of drug-likeness (QED) is 0.590. The van der Waals surface area contributed by atoms with Crippen LogP contribution >= 0.6 is 27.3 Å². The molecule has 1 amide bonds. The fraction of sp³-hybridized carbons (Fsp3) is 0.200. The monoisotopic (exact) mass is 430 g/mol. The van der Waals surface area contributed by atoms with E-state index in [0.717, 1.165) is 26.0 Å². The van der Waals surface area contributed by atoms with Gasteiger partial charge >= 0.3 is 0 Å². The number of nitrogens with zero attached hydrogens (tertiary/aromatic N) is 1. The van der Waals surface area contributed by atoms with Gasteiger partial charge in [0.05, 0.1) is 17.6 Å². The van der Waals surface area contributed by atoms with Gasteiger partial charge in [0.15, 0.2) is 5.75 Å². The van der Waals surface area contributed by atoms with Crippen molar-refractivity contribution in [2.75, 3.05) is 7.11 Å². The van der Waals surface area contributed by atoms with E-state index >= 15 is 0 Å². The summed E-state index contributed by atoms with van der Waals surface area (Å²) in [6.07, 6.45) is 3.56. The number of ether oxygens (including phenoxy) is 1. The Kier molecular flexibility index (Phi) is 5.74. The highest BCUT2D eigenvalue weighted by atomic mass is 79.9. The molecule has 1 aromatic carbocycles. The molecule has 0 bridgehead atoms. The van der Waals surface area contributed by atoms with Crippen molar-refractivity contribution in [3.05, 3.63) is 68.6 Å². The molecule has 1 N–H and O–H groups in total. The summed E-state index contributed by atoms with van der Waals surface area (Å²) in [6, 6.07) is 12.0. The Labute approximate surface area is 165 Å². The largest absolute Gasteiger partial charge is 0.494 e. The summed E-state index contributed by atoms with van der Waals surface area (Å²) >= 11 is 4.89. The topological polar surface area (TPSA) is 51.2 Å². The first-order chi connectivity index (χ1) is 12.5. The van der Waals surface area contributed by atoms with Gasteiger partial charge in [-0.05, 0) is 58.6 Å². The van der Waals surface area contributed by atoms with E-state index in [4.69, 9.17) is 4.74 Å². The maximum absolute atomic E-state index is 12.7. The summed E-state index contributed by atoms with van der Waals surface area (Å²) in [5.74, 6) is 0.455. The molecule has 2 aromatic heterocycles. The molecule has 2 heterocycles. The molecule has 134 valence electrons. The lowest BCUT2D eigenvalue weighted by molar-refractivity contribution is 0.0941. The number of thiophene rings is 1. The van der Waals surface area contributed by atoms with Gasteiger partial charge in [-0.2, -0.15) is 0 Å². The average molecular weight is 431 g/mol. The molecule has 6 heteroatoms. The van der Waals surface area contributed by atoms with Gasteiger partial charge < -0.3 is 10.1 Å². The van der Waals surface area contributed by atoms with E-state index in [2.05, 4.69) is 38.4 Å². The van der Waals surface area contributed by atoms with Crippen LogP contribution in [0.5, 0.6) is 5.75 Å². The molecule has 0 spiro atoms. The van der Waals surface area contributed by atoms with Crippen molar-refractivity contribution < 1.29 is 9.53 Å². The second-order valence-electron chi connectivity index (χ2n) is 5.89.